The van der Waals surface area contributed by atoms with Gasteiger partial charge in [0, 0.05) is 36.9 Å². The number of ether oxygens (including phenoxy) is 2. The molecule has 1 saturated carbocycles. The zero-order chi connectivity index (χ0) is 17.1. The molecular weight excluding hydrogens is 318 g/mol. The molecule has 0 radical (unpaired) electrons. The Morgan fingerprint density at radius 3 is 2.64 bits per heavy atom. The summed E-state index contributed by atoms with van der Waals surface area (Å²) >= 11 is 0. The summed E-state index contributed by atoms with van der Waals surface area (Å²) in [6.07, 6.45) is 2.45. The van der Waals surface area contributed by atoms with Gasteiger partial charge >= 0.3 is 5.97 Å². The second kappa shape index (κ2) is 5.49. The molecule has 4 fully saturated rings. The molecule has 0 spiro atoms. The van der Waals surface area contributed by atoms with Crippen molar-refractivity contribution in [2.75, 3.05) is 26.7 Å². The van der Waals surface area contributed by atoms with E-state index >= 15 is 0 Å². The first-order valence-corrected chi connectivity index (χ1v) is 9.13. The summed E-state index contributed by atoms with van der Waals surface area (Å²) < 4.78 is 17.1. The lowest BCUT2D eigenvalue weighted by atomic mass is 9.66. The Bertz CT molecular complexity index is 812. The maximum absolute atomic E-state index is 13.0. The fraction of sp³-hybridized carbons (Fsp3) is 0.550. The van der Waals surface area contributed by atoms with E-state index in [9.17, 15) is 4.79 Å². The van der Waals surface area contributed by atoms with Crippen LogP contribution in [-0.4, -0.2) is 43.7 Å². The molecule has 3 saturated heterocycles. The smallest absolute Gasteiger partial charge is 0.342 e. The number of hydrogen-bond acceptors (Lipinski definition) is 5. The molecule has 6 rings (SSSR count). The van der Waals surface area contributed by atoms with Crippen LogP contribution in [0.2, 0.25) is 0 Å². The van der Waals surface area contributed by atoms with Crippen LogP contribution in [0.25, 0.3) is 11.0 Å². The summed E-state index contributed by atoms with van der Waals surface area (Å²) in [6.45, 7) is 5.21. The van der Waals surface area contributed by atoms with Gasteiger partial charge in [-0.3, -0.25) is 0 Å². The average molecular weight is 341 g/mol. The number of carbonyl (C=O) groups is 1. The van der Waals surface area contributed by atoms with Crippen LogP contribution in [0.5, 0.6) is 5.75 Å². The SMILES string of the molecule is COc1ccc2oc(C)c(C(=O)OC3C4CC5CC3CN(C5)C4)c2c1. The van der Waals surface area contributed by atoms with E-state index in [0.29, 0.717) is 34.5 Å². The van der Waals surface area contributed by atoms with E-state index in [-0.39, 0.29) is 12.1 Å². The molecule has 4 heterocycles. The zero-order valence-corrected chi connectivity index (χ0v) is 14.7. The monoisotopic (exact) mass is 341 g/mol. The summed E-state index contributed by atoms with van der Waals surface area (Å²) in [6, 6.07) is 5.53. The number of nitrogens with zero attached hydrogens (tertiary/aromatic N) is 1. The van der Waals surface area contributed by atoms with Gasteiger partial charge in [0.1, 0.15) is 28.8 Å². The second-order valence-corrected chi connectivity index (χ2v) is 7.84. The third kappa shape index (κ3) is 2.36. The van der Waals surface area contributed by atoms with Crippen molar-refractivity contribution in [3.05, 3.63) is 29.5 Å². The Morgan fingerprint density at radius 1 is 1.20 bits per heavy atom. The molecule has 1 aliphatic carbocycles. The van der Waals surface area contributed by atoms with Crippen molar-refractivity contribution in [3.8, 4) is 5.75 Å². The van der Waals surface area contributed by atoms with Crippen LogP contribution in [0.3, 0.4) is 0 Å². The third-order valence-electron chi connectivity index (χ3n) is 6.22. The van der Waals surface area contributed by atoms with Crippen LogP contribution in [0.1, 0.15) is 29.0 Å². The van der Waals surface area contributed by atoms with Gasteiger partial charge in [-0.1, -0.05) is 0 Å². The Labute approximate surface area is 146 Å². The number of rotatable bonds is 3. The van der Waals surface area contributed by atoms with E-state index in [1.807, 2.05) is 25.1 Å². The lowest BCUT2D eigenvalue weighted by molar-refractivity contribution is -0.116. The van der Waals surface area contributed by atoms with Gasteiger partial charge in [0.2, 0.25) is 0 Å². The maximum atomic E-state index is 13.0. The number of carbonyl (C=O) groups excluding carboxylic acids is 1. The van der Waals surface area contributed by atoms with E-state index in [1.165, 1.54) is 19.4 Å². The highest BCUT2D eigenvalue weighted by Gasteiger charge is 2.49. The van der Waals surface area contributed by atoms with Crippen molar-refractivity contribution in [2.45, 2.75) is 25.9 Å². The molecule has 0 amide bonds. The van der Waals surface area contributed by atoms with Crippen molar-refractivity contribution in [1.29, 1.82) is 0 Å². The van der Waals surface area contributed by atoms with Crippen LogP contribution in [0, 0.1) is 24.7 Å². The van der Waals surface area contributed by atoms with Crippen LogP contribution in [0.4, 0.5) is 0 Å². The molecule has 0 N–H and O–H groups in total. The largest absolute Gasteiger partial charge is 0.497 e. The summed E-state index contributed by atoms with van der Waals surface area (Å²) in [5, 5.41) is 0.773. The lowest BCUT2D eigenvalue weighted by Crippen LogP contribution is -2.60. The van der Waals surface area contributed by atoms with Gasteiger partial charge in [-0.15, -0.1) is 0 Å². The maximum Gasteiger partial charge on any atom is 0.342 e. The fourth-order valence-corrected chi connectivity index (χ4v) is 5.32. The van der Waals surface area contributed by atoms with E-state index in [2.05, 4.69) is 4.90 Å². The first-order chi connectivity index (χ1) is 12.1. The molecule has 1 aromatic carbocycles. The molecule has 2 unspecified atom stereocenters. The number of furan rings is 1. The van der Waals surface area contributed by atoms with Crippen molar-refractivity contribution < 1.29 is 18.7 Å². The molecule has 3 aliphatic heterocycles. The molecule has 4 aliphatic rings. The number of fused-ring (bicyclic) bond motifs is 1. The van der Waals surface area contributed by atoms with E-state index in [1.54, 1.807) is 7.11 Å². The van der Waals surface area contributed by atoms with Crippen LogP contribution < -0.4 is 4.74 Å². The van der Waals surface area contributed by atoms with Gasteiger partial charge in [-0.2, -0.15) is 0 Å². The van der Waals surface area contributed by atoms with Gasteiger partial charge < -0.3 is 18.8 Å². The quantitative estimate of drug-likeness (QED) is 0.802. The van der Waals surface area contributed by atoms with Gasteiger partial charge in [0.15, 0.2) is 0 Å². The Balaban J connectivity index is 1.45. The standard InChI is InChI=1S/C20H23NO4/c1-11-18(16-7-15(23-2)3-4-17(16)24-11)20(22)25-19-13-5-12-6-14(19)10-21(8-12)9-13/h3-4,7,12-14,19H,5-6,8-10H2,1-2H3. The number of piperidine rings is 3. The number of methoxy groups -OCH3 is 1. The molecule has 5 heteroatoms. The van der Waals surface area contributed by atoms with Crippen molar-refractivity contribution in [3.63, 3.8) is 0 Å². The first kappa shape index (κ1) is 15.3. The van der Waals surface area contributed by atoms with Crippen LogP contribution in [0.15, 0.2) is 22.6 Å². The minimum absolute atomic E-state index is 0.0512. The highest BCUT2D eigenvalue weighted by atomic mass is 16.5. The Kier molecular flexibility index (Phi) is 3.35. The zero-order valence-electron chi connectivity index (χ0n) is 14.7. The van der Waals surface area contributed by atoms with E-state index in [0.717, 1.165) is 24.4 Å². The number of benzene rings is 1. The summed E-state index contributed by atoms with van der Waals surface area (Å²) in [5.74, 6) is 2.85. The summed E-state index contributed by atoms with van der Waals surface area (Å²) in [4.78, 5) is 15.5. The number of aryl methyl sites for hydroxylation is 1. The topological polar surface area (TPSA) is 51.9 Å². The normalized spacial score (nSPS) is 33.0. The second-order valence-electron chi connectivity index (χ2n) is 7.84. The fourth-order valence-electron chi connectivity index (χ4n) is 5.32. The minimum Gasteiger partial charge on any atom is -0.497 e. The molecule has 5 nitrogen and oxygen atoms in total. The molecule has 132 valence electrons. The van der Waals surface area contributed by atoms with E-state index < -0.39 is 0 Å². The van der Waals surface area contributed by atoms with Crippen LogP contribution >= 0.6 is 0 Å². The number of hydrogen-bond donors (Lipinski definition) is 0. The van der Waals surface area contributed by atoms with Gasteiger partial charge in [-0.25, -0.2) is 4.79 Å². The molecule has 4 bridgehead atoms. The number of esters is 1. The van der Waals surface area contributed by atoms with Gasteiger partial charge in [-0.05, 0) is 43.9 Å². The van der Waals surface area contributed by atoms with E-state index in [4.69, 9.17) is 13.9 Å². The highest BCUT2D eigenvalue weighted by molar-refractivity contribution is 6.05. The lowest BCUT2D eigenvalue weighted by Gasteiger charge is -2.55. The molecular formula is C20H23NO4. The molecule has 2 atom stereocenters. The van der Waals surface area contributed by atoms with Gasteiger partial charge in [0.05, 0.1) is 7.11 Å². The summed E-state index contributed by atoms with van der Waals surface area (Å²) in [5.41, 5.74) is 1.24. The Hall–Kier alpha value is -2.01. The summed E-state index contributed by atoms with van der Waals surface area (Å²) in [7, 11) is 1.62. The molecule has 1 aromatic heterocycles. The minimum atomic E-state index is -0.253. The molecule has 2 aromatic rings. The predicted octanol–water partition coefficient (Wildman–Crippen LogP) is 3.25. The Morgan fingerprint density at radius 2 is 1.96 bits per heavy atom. The molecule has 25 heavy (non-hydrogen) atoms. The predicted molar refractivity (Wildman–Crippen MR) is 92.9 cm³/mol. The van der Waals surface area contributed by atoms with Crippen molar-refractivity contribution in [2.24, 2.45) is 17.8 Å². The van der Waals surface area contributed by atoms with Crippen LogP contribution in [-0.2, 0) is 4.74 Å². The third-order valence-corrected chi connectivity index (χ3v) is 6.22. The first-order valence-electron chi connectivity index (χ1n) is 9.13. The van der Waals surface area contributed by atoms with Crippen molar-refractivity contribution >= 4 is 16.9 Å². The highest BCUT2D eigenvalue weighted by Crippen LogP contribution is 2.45. The van der Waals surface area contributed by atoms with Crippen molar-refractivity contribution in [1.82, 2.24) is 4.90 Å². The average Bonchev–Trinajstić information content (AvgIpc) is 2.92. The van der Waals surface area contributed by atoms with Gasteiger partial charge in [0.25, 0.3) is 0 Å².